The van der Waals surface area contributed by atoms with Crippen molar-refractivity contribution < 1.29 is 22.3 Å². The Morgan fingerprint density at radius 2 is 2.00 bits per heavy atom. The third kappa shape index (κ3) is 5.18. The van der Waals surface area contributed by atoms with Crippen LogP contribution in [0.2, 0.25) is 0 Å². The summed E-state index contributed by atoms with van der Waals surface area (Å²) >= 11 is 0. The SMILES string of the molecule is CN=C(NC1CCN(c2ncccc2F)C1)NC1CC1c1ccccc1OC(F)(F)F. The minimum Gasteiger partial charge on any atom is -0.405 e. The fraction of sp³-hybridized carbons (Fsp3) is 0.429. The van der Waals surface area contributed by atoms with Crippen LogP contribution in [0.4, 0.5) is 23.4 Å². The maximum atomic E-state index is 14.0. The number of alkyl halides is 3. The van der Waals surface area contributed by atoms with Crippen LogP contribution in [0.25, 0.3) is 0 Å². The van der Waals surface area contributed by atoms with Crippen molar-refractivity contribution in [2.24, 2.45) is 4.99 Å². The number of halogens is 4. The van der Waals surface area contributed by atoms with E-state index in [-0.39, 0.29) is 29.6 Å². The highest BCUT2D eigenvalue weighted by molar-refractivity contribution is 5.81. The zero-order valence-corrected chi connectivity index (χ0v) is 16.9. The number of guanidine groups is 1. The molecule has 1 saturated carbocycles. The van der Waals surface area contributed by atoms with E-state index in [0.29, 0.717) is 36.9 Å². The molecule has 0 bridgehead atoms. The lowest BCUT2D eigenvalue weighted by atomic mass is 10.1. The second-order valence-electron chi connectivity index (χ2n) is 7.64. The monoisotopic (exact) mass is 437 g/mol. The van der Waals surface area contributed by atoms with E-state index >= 15 is 0 Å². The first kappa shape index (κ1) is 21.2. The third-order valence-electron chi connectivity index (χ3n) is 5.45. The lowest BCUT2D eigenvalue weighted by Gasteiger charge is -2.20. The summed E-state index contributed by atoms with van der Waals surface area (Å²) in [7, 11) is 1.64. The molecule has 0 spiro atoms. The fourth-order valence-electron chi connectivity index (χ4n) is 3.92. The van der Waals surface area contributed by atoms with Gasteiger partial charge < -0.3 is 20.3 Å². The number of para-hydroxylation sites is 1. The molecule has 6 nitrogen and oxygen atoms in total. The molecule has 1 aliphatic carbocycles. The second-order valence-corrected chi connectivity index (χ2v) is 7.64. The largest absolute Gasteiger partial charge is 0.573 e. The van der Waals surface area contributed by atoms with E-state index in [1.807, 2.05) is 4.90 Å². The smallest absolute Gasteiger partial charge is 0.405 e. The topological polar surface area (TPSA) is 61.8 Å². The van der Waals surface area contributed by atoms with Gasteiger partial charge in [0.25, 0.3) is 0 Å². The molecule has 2 heterocycles. The van der Waals surface area contributed by atoms with Crippen LogP contribution >= 0.6 is 0 Å². The van der Waals surface area contributed by atoms with E-state index in [0.717, 1.165) is 6.42 Å². The first-order valence-electron chi connectivity index (χ1n) is 10.0. The lowest BCUT2D eigenvalue weighted by Crippen LogP contribution is -2.45. The third-order valence-corrected chi connectivity index (χ3v) is 5.45. The van der Waals surface area contributed by atoms with Crippen LogP contribution in [0.5, 0.6) is 5.75 Å². The molecule has 1 aromatic heterocycles. The van der Waals surface area contributed by atoms with Gasteiger partial charge in [0.05, 0.1) is 0 Å². The number of rotatable bonds is 5. The molecule has 4 rings (SSSR count). The number of aliphatic imine (C=N–C) groups is 1. The summed E-state index contributed by atoms with van der Waals surface area (Å²) < 4.78 is 56.2. The van der Waals surface area contributed by atoms with Crippen LogP contribution in [0, 0.1) is 5.82 Å². The summed E-state index contributed by atoms with van der Waals surface area (Å²) in [6.07, 6.45) is -1.71. The number of anilines is 1. The van der Waals surface area contributed by atoms with Crippen molar-refractivity contribution in [3.05, 3.63) is 54.0 Å². The van der Waals surface area contributed by atoms with Gasteiger partial charge in [0.1, 0.15) is 5.75 Å². The van der Waals surface area contributed by atoms with E-state index in [1.165, 1.54) is 18.2 Å². The molecule has 1 aliphatic heterocycles. The molecule has 2 aliphatic rings. The number of nitrogens with one attached hydrogen (secondary N) is 2. The van der Waals surface area contributed by atoms with Gasteiger partial charge in [-0.3, -0.25) is 4.99 Å². The summed E-state index contributed by atoms with van der Waals surface area (Å²) in [6.45, 7) is 1.24. The van der Waals surface area contributed by atoms with Crippen LogP contribution in [0.15, 0.2) is 47.6 Å². The summed E-state index contributed by atoms with van der Waals surface area (Å²) in [6, 6.07) is 9.14. The molecule has 2 aromatic rings. The molecule has 2 fully saturated rings. The second kappa shape index (κ2) is 8.60. The maximum Gasteiger partial charge on any atom is 0.573 e. The van der Waals surface area contributed by atoms with Gasteiger partial charge in [-0.25, -0.2) is 9.37 Å². The molecular weight excluding hydrogens is 414 g/mol. The van der Waals surface area contributed by atoms with Crippen molar-refractivity contribution in [3.63, 3.8) is 0 Å². The van der Waals surface area contributed by atoms with E-state index in [9.17, 15) is 17.6 Å². The fourth-order valence-corrected chi connectivity index (χ4v) is 3.92. The minimum atomic E-state index is -4.73. The van der Waals surface area contributed by atoms with Crippen LogP contribution < -0.4 is 20.3 Å². The van der Waals surface area contributed by atoms with E-state index in [2.05, 4.69) is 25.3 Å². The molecule has 0 radical (unpaired) electrons. The Morgan fingerprint density at radius 1 is 1.19 bits per heavy atom. The first-order chi connectivity index (χ1) is 14.8. The van der Waals surface area contributed by atoms with E-state index in [4.69, 9.17) is 0 Å². The highest BCUT2D eigenvalue weighted by Gasteiger charge is 2.42. The van der Waals surface area contributed by atoms with Crippen LogP contribution in [0.1, 0.15) is 24.3 Å². The van der Waals surface area contributed by atoms with Gasteiger partial charge in [-0.1, -0.05) is 18.2 Å². The van der Waals surface area contributed by atoms with Gasteiger partial charge in [0, 0.05) is 44.3 Å². The summed E-state index contributed by atoms with van der Waals surface area (Å²) in [5.74, 6) is 0.274. The summed E-state index contributed by atoms with van der Waals surface area (Å²) in [5.41, 5.74) is 0.519. The van der Waals surface area contributed by atoms with Crippen molar-refractivity contribution in [3.8, 4) is 5.75 Å². The van der Waals surface area contributed by atoms with Crippen molar-refractivity contribution in [1.82, 2.24) is 15.6 Å². The predicted octanol–water partition coefficient (Wildman–Crippen LogP) is 3.42. The van der Waals surface area contributed by atoms with Crippen molar-refractivity contribution in [2.45, 2.75) is 37.2 Å². The standard InChI is InChI=1S/C21H23F4N5O/c1-26-20(28-13-8-10-30(12-13)19-16(22)6-4-9-27-19)29-17-11-15(17)14-5-2-3-7-18(14)31-21(23,24)25/h2-7,9,13,15,17H,8,10-12H2,1H3,(H2,26,28,29). The van der Waals surface area contributed by atoms with E-state index < -0.39 is 6.36 Å². The highest BCUT2D eigenvalue weighted by atomic mass is 19.4. The number of benzene rings is 1. The normalized spacial score (nSPS) is 23.6. The summed E-state index contributed by atoms with van der Waals surface area (Å²) in [4.78, 5) is 10.2. The molecule has 10 heteroatoms. The molecule has 0 amide bonds. The zero-order chi connectivity index (χ0) is 22.0. The number of pyridine rings is 1. The molecule has 1 saturated heterocycles. The zero-order valence-electron chi connectivity index (χ0n) is 16.9. The Morgan fingerprint density at radius 3 is 2.74 bits per heavy atom. The Kier molecular flexibility index (Phi) is 5.88. The molecule has 166 valence electrons. The van der Waals surface area contributed by atoms with Gasteiger partial charge in [0.15, 0.2) is 17.6 Å². The van der Waals surface area contributed by atoms with Crippen LogP contribution in [-0.4, -0.2) is 49.5 Å². The van der Waals surface area contributed by atoms with Gasteiger partial charge in [-0.2, -0.15) is 0 Å². The van der Waals surface area contributed by atoms with Crippen LogP contribution in [0.3, 0.4) is 0 Å². The molecule has 31 heavy (non-hydrogen) atoms. The molecule has 3 atom stereocenters. The maximum absolute atomic E-state index is 14.0. The minimum absolute atomic E-state index is 0.0464. The quantitative estimate of drug-likeness (QED) is 0.427. The predicted molar refractivity (Wildman–Crippen MR) is 109 cm³/mol. The highest BCUT2D eigenvalue weighted by Crippen LogP contribution is 2.45. The number of hydrogen-bond donors (Lipinski definition) is 2. The average molecular weight is 437 g/mol. The summed E-state index contributed by atoms with van der Waals surface area (Å²) in [5, 5.41) is 6.58. The Labute approximate surface area is 177 Å². The van der Waals surface area contributed by atoms with Crippen molar-refractivity contribution in [2.75, 3.05) is 25.0 Å². The number of aromatic nitrogens is 1. The van der Waals surface area contributed by atoms with Gasteiger partial charge in [-0.15, -0.1) is 13.2 Å². The molecule has 1 aromatic carbocycles. The van der Waals surface area contributed by atoms with E-state index in [1.54, 1.807) is 31.4 Å². The van der Waals surface area contributed by atoms with Crippen molar-refractivity contribution in [1.29, 1.82) is 0 Å². The number of nitrogens with zero attached hydrogens (tertiary/aromatic N) is 3. The number of ether oxygens (including phenoxy) is 1. The first-order valence-corrected chi connectivity index (χ1v) is 10.0. The lowest BCUT2D eigenvalue weighted by molar-refractivity contribution is -0.274. The Balaban J connectivity index is 1.33. The van der Waals surface area contributed by atoms with Gasteiger partial charge in [-0.05, 0) is 36.6 Å². The average Bonchev–Trinajstić information content (AvgIpc) is 3.33. The van der Waals surface area contributed by atoms with Gasteiger partial charge in [0.2, 0.25) is 0 Å². The Hall–Kier alpha value is -3.04. The molecular formula is C21H23F4N5O. The van der Waals surface area contributed by atoms with Gasteiger partial charge >= 0.3 is 6.36 Å². The Bertz CT molecular complexity index is 951. The molecule has 2 N–H and O–H groups in total. The number of hydrogen-bond acceptors (Lipinski definition) is 4. The van der Waals surface area contributed by atoms with Crippen molar-refractivity contribution >= 4 is 11.8 Å². The molecule has 3 unspecified atom stereocenters. The van der Waals surface area contributed by atoms with Crippen LogP contribution in [-0.2, 0) is 0 Å².